The zero-order valence-corrected chi connectivity index (χ0v) is 9.68. The quantitative estimate of drug-likeness (QED) is 0.686. The van der Waals surface area contributed by atoms with Gasteiger partial charge in [0.15, 0.2) is 0 Å². The fraction of sp³-hybridized carbons (Fsp3) is 0.909. The first-order valence-corrected chi connectivity index (χ1v) is 5.09. The van der Waals surface area contributed by atoms with Crippen LogP contribution in [0.1, 0.15) is 60.3 Å². The van der Waals surface area contributed by atoms with Gasteiger partial charge in [0.1, 0.15) is 0 Å². The van der Waals surface area contributed by atoms with Gasteiger partial charge in [0, 0.05) is 0 Å². The maximum atomic E-state index is 10.0. The van der Waals surface area contributed by atoms with Crippen molar-refractivity contribution in [1.82, 2.24) is 0 Å². The molecule has 0 aliphatic carbocycles. The minimum Gasteiger partial charge on any atom is -0.481 e. The Hall–Kier alpha value is -0.530. The van der Waals surface area contributed by atoms with Crippen molar-refractivity contribution in [1.29, 1.82) is 0 Å². The van der Waals surface area contributed by atoms with E-state index in [0.717, 1.165) is 0 Å². The van der Waals surface area contributed by atoms with Crippen LogP contribution in [0.15, 0.2) is 0 Å². The molecule has 13 heavy (non-hydrogen) atoms. The standard InChI is InChI=1S/C6H14.C5H10O2/c1-3-5-6-4-2;1-5(2,3)4(6)7/h3-6H2,1-2H3;1-3H3,(H,6,7). The fourth-order valence-electron chi connectivity index (χ4n) is 0.500. The smallest absolute Gasteiger partial charge is 0.308 e. The highest BCUT2D eigenvalue weighted by Crippen LogP contribution is 2.11. The molecule has 0 heterocycles. The van der Waals surface area contributed by atoms with Crippen molar-refractivity contribution in [2.75, 3.05) is 0 Å². The van der Waals surface area contributed by atoms with Gasteiger partial charge in [0.05, 0.1) is 5.41 Å². The summed E-state index contributed by atoms with van der Waals surface area (Å²) in [6, 6.07) is 0. The molecule has 0 saturated carbocycles. The van der Waals surface area contributed by atoms with Crippen LogP contribution in [-0.2, 0) is 4.79 Å². The van der Waals surface area contributed by atoms with Gasteiger partial charge in [-0.1, -0.05) is 39.5 Å². The minimum atomic E-state index is -0.757. The van der Waals surface area contributed by atoms with Gasteiger partial charge in [0.2, 0.25) is 0 Å². The van der Waals surface area contributed by atoms with E-state index < -0.39 is 11.4 Å². The van der Waals surface area contributed by atoms with Crippen LogP contribution in [-0.4, -0.2) is 11.1 Å². The van der Waals surface area contributed by atoms with E-state index in [4.69, 9.17) is 5.11 Å². The molecule has 0 spiro atoms. The van der Waals surface area contributed by atoms with Crippen molar-refractivity contribution in [2.24, 2.45) is 5.41 Å². The number of carboxylic acids is 1. The summed E-state index contributed by atoms with van der Waals surface area (Å²) in [5, 5.41) is 8.25. The molecule has 0 aromatic heterocycles. The van der Waals surface area contributed by atoms with Gasteiger partial charge in [-0.2, -0.15) is 0 Å². The third kappa shape index (κ3) is 14.3. The molecule has 0 saturated heterocycles. The van der Waals surface area contributed by atoms with E-state index in [0.29, 0.717) is 0 Å². The Bertz CT molecular complexity index is 119. The van der Waals surface area contributed by atoms with Crippen LogP contribution < -0.4 is 0 Å². The first kappa shape index (κ1) is 15.0. The van der Waals surface area contributed by atoms with Gasteiger partial charge in [-0.3, -0.25) is 4.79 Å². The predicted octanol–water partition coefficient (Wildman–Crippen LogP) is 3.70. The molecular weight excluding hydrogens is 164 g/mol. The van der Waals surface area contributed by atoms with Crippen molar-refractivity contribution in [3.63, 3.8) is 0 Å². The molecule has 0 unspecified atom stereocenters. The lowest BCUT2D eigenvalue weighted by atomic mass is 9.98. The first-order valence-electron chi connectivity index (χ1n) is 5.09. The van der Waals surface area contributed by atoms with Gasteiger partial charge >= 0.3 is 5.97 Å². The number of hydrogen-bond acceptors (Lipinski definition) is 1. The molecule has 1 N–H and O–H groups in total. The van der Waals surface area contributed by atoms with Gasteiger partial charge in [-0.15, -0.1) is 0 Å². The number of carbonyl (C=O) groups is 1. The van der Waals surface area contributed by atoms with Crippen LogP contribution in [0.5, 0.6) is 0 Å². The summed E-state index contributed by atoms with van der Waals surface area (Å²) >= 11 is 0. The highest BCUT2D eigenvalue weighted by Gasteiger charge is 2.18. The third-order valence-corrected chi connectivity index (χ3v) is 1.60. The topological polar surface area (TPSA) is 37.3 Å². The molecule has 0 bridgehead atoms. The molecule has 0 atom stereocenters. The van der Waals surface area contributed by atoms with Crippen molar-refractivity contribution in [2.45, 2.75) is 60.3 Å². The Morgan fingerprint density at radius 3 is 1.38 bits per heavy atom. The lowest BCUT2D eigenvalue weighted by Gasteiger charge is -2.08. The van der Waals surface area contributed by atoms with Crippen molar-refractivity contribution < 1.29 is 9.90 Å². The maximum absolute atomic E-state index is 10.0. The van der Waals surface area contributed by atoms with Gasteiger partial charge in [-0.25, -0.2) is 0 Å². The number of aliphatic carboxylic acids is 1. The molecule has 0 aromatic rings. The SMILES string of the molecule is CC(C)(C)C(=O)O.CCCCCC. The molecule has 0 rings (SSSR count). The molecule has 2 heteroatoms. The first-order chi connectivity index (χ1) is 5.86. The van der Waals surface area contributed by atoms with Crippen LogP contribution in [0.3, 0.4) is 0 Å². The van der Waals surface area contributed by atoms with E-state index in [2.05, 4.69) is 13.8 Å². The number of hydrogen-bond donors (Lipinski definition) is 1. The van der Waals surface area contributed by atoms with E-state index in [1.165, 1.54) is 25.7 Å². The normalized spacial score (nSPS) is 10.2. The van der Waals surface area contributed by atoms with Gasteiger partial charge in [0.25, 0.3) is 0 Å². The summed E-state index contributed by atoms with van der Waals surface area (Å²) in [5.41, 5.74) is -0.583. The number of carboxylic acid groups (broad SMARTS) is 1. The lowest BCUT2D eigenvalue weighted by molar-refractivity contribution is -0.145. The largest absolute Gasteiger partial charge is 0.481 e. The molecule has 0 fully saturated rings. The maximum Gasteiger partial charge on any atom is 0.308 e. The van der Waals surface area contributed by atoms with Gasteiger partial charge < -0.3 is 5.11 Å². The predicted molar refractivity (Wildman–Crippen MR) is 56.9 cm³/mol. The molecule has 80 valence electrons. The van der Waals surface area contributed by atoms with E-state index in [-0.39, 0.29) is 0 Å². The summed E-state index contributed by atoms with van der Waals surface area (Å²) in [4.78, 5) is 10.0. The van der Waals surface area contributed by atoms with E-state index in [9.17, 15) is 4.79 Å². The molecule has 0 aliphatic heterocycles. The van der Waals surface area contributed by atoms with Crippen LogP contribution in [0.25, 0.3) is 0 Å². The molecule has 0 aromatic carbocycles. The highest BCUT2D eigenvalue weighted by atomic mass is 16.4. The Morgan fingerprint density at radius 1 is 1.08 bits per heavy atom. The van der Waals surface area contributed by atoms with Crippen LogP contribution in [0.2, 0.25) is 0 Å². The Morgan fingerprint density at radius 2 is 1.31 bits per heavy atom. The second kappa shape index (κ2) is 8.09. The molecule has 0 amide bonds. The van der Waals surface area contributed by atoms with Crippen molar-refractivity contribution >= 4 is 5.97 Å². The van der Waals surface area contributed by atoms with Crippen molar-refractivity contribution in [3.05, 3.63) is 0 Å². The minimum absolute atomic E-state index is 0.583. The van der Waals surface area contributed by atoms with Crippen LogP contribution >= 0.6 is 0 Å². The zero-order valence-electron chi connectivity index (χ0n) is 9.68. The van der Waals surface area contributed by atoms with E-state index in [1.807, 2.05) is 0 Å². The molecule has 0 radical (unpaired) electrons. The van der Waals surface area contributed by atoms with Crippen LogP contribution in [0, 0.1) is 5.41 Å². The highest BCUT2D eigenvalue weighted by molar-refractivity contribution is 5.72. The number of unbranched alkanes of at least 4 members (excludes halogenated alkanes) is 3. The third-order valence-electron chi connectivity index (χ3n) is 1.60. The Balaban J connectivity index is 0. The second-order valence-corrected chi connectivity index (χ2v) is 4.26. The second-order valence-electron chi connectivity index (χ2n) is 4.26. The van der Waals surface area contributed by atoms with Crippen molar-refractivity contribution in [3.8, 4) is 0 Å². The molecule has 0 aliphatic rings. The average molecular weight is 188 g/mol. The lowest BCUT2D eigenvalue weighted by Crippen LogP contribution is -2.18. The Kier molecular flexibility index (Phi) is 9.31. The number of rotatable bonds is 3. The van der Waals surface area contributed by atoms with E-state index >= 15 is 0 Å². The summed E-state index contributed by atoms with van der Waals surface area (Å²) in [6.07, 6.45) is 5.54. The summed E-state index contributed by atoms with van der Waals surface area (Å²) < 4.78 is 0. The summed E-state index contributed by atoms with van der Waals surface area (Å²) in [7, 11) is 0. The average Bonchev–Trinajstić information content (AvgIpc) is 2.00. The molecule has 2 nitrogen and oxygen atoms in total. The Labute approximate surface area is 82.4 Å². The van der Waals surface area contributed by atoms with Gasteiger partial charge in [-0.05, 0) is 20.8 Å². The molecular formula is C11H24O2. The summed E-state index contributed by atoms with van der Waals surface area (Å²) in [6.45, 7) is 9.45. The zero-order chi connectivity index (χ0) is 10.9. The van der Waals surface area contributed by atoms with Crippen LogP contribution in [0.4, 0.5) is 0 Å². The monoisotopic (exact) mass is 188 g/mol. The fourth-order valence-corrected chi connectivity index (χ4v) is 0.500. The van der Waals surface area contributed by atoms with E-state index in [1.54, 1.807) is 20.8 Å². The summed E-state index contributed by atoms with van der Waals surface area (Å²) in [5.74, 6) is -0.757.